The third kappa shape index (κ3) is 2.54. The Morgan fingerprint density at radius 3 is 2.73 bits per heavy atom. The fourth-order valence-corrected chi connectivity index (χ4v) is 2.04. The molecule has 0 unspecified atom stereocenters. The van der Waals surface area contributed by atoms with E-state index in [1.807, 2.05) is 18.8 Å². The molecule has 0 saturated carbocycles. The van der Waals surface area contributed by atoms with Crippen LogP contribution in [-0.4, -0.2) is 45.8 Å². The minimum absolute atomic E-state index is 0.695. The number of nitrogens with zero attached hydrogens (tertiary/aromatic N) is 4. The van der Waals surface area contributed by atoms with Crippen LogP contribution in [0.4, 0.5) is 0 Å². The molecule has 2 rings (SSSR count). The van der Waals surface area contributed by atoms with Crippen molar-refractivity contribution in [1.82, 2.24) is 25.0 Å². The van der Waals surface area contributed by atoms with Gasteiger partial charge in [0.05, 0.1) is 6.54 Å². The monoisotopic (exact) mass is 209 g/mol. The smallest absolute Gasteiger partial charge is 0.140 e. The molecule has 1 aliphatic heterocycles. The zero-order valence-electron chi connectivity index (χ0n) is 9.48. The molecule has 0 aliphatic carbocycles. The normalized spacial score (nSPS) is 19.6. The first kappa shape index (κ1) is 10.6. The van der Waals surface area contributed by atoms with Crippen molar-refractivity contribution in [3.8, 4) is 0 Å². The summed E-state index contributed by atoms with van der Waals surface area (Å²) in [5.41, 5.74) is 0. The van der Waals surface area contributed by atoms with Crippen LogP contribution in [0.15, 0.2) is 6.33 Å². The van der Waals surface area contributed by atoms with Gasteiger partial charge in [-0.2, -0.15) is 5.10 Å². The summed E-state index contributed by atoms with van der Waals surface area (Å²) in [6.45, 7) is 3.23. The number of aryl methyl sites for hydroxylation is 1. The Labute approximate surface area is 90.5 Å². The molecular weight excluding hydrogens is 190 g/mol. The van der Waals surface area contributed by atoms with Crippen molar-refractivity contribution in [1.29, 1.82) is 0 Å². The van der Waals surface area contributed by atoms with E-state index in [4.69, 9.17) is 0 Å². The lowest BCUT2D eigenvalue weighted by molar-refractivity contribution is 0.188. The summed E-state index contributed by atoms with van der Waals surface area (Å²) in [4.78, 5) is 6.69. The molecule has 2 heterocycles. The largest absolute Gasteiger partial charge is 0.317 e. The van der Waals surface area contributed by atoms with E-state index in [9.17, 15) is 0 Å². The maximum atomic E-state index is 4.24. The Kier molecular flexibility index (Phi) is 3.33. The van der Waals surface area contributed by atoms with E-state index >= 15 is 0 Å². The molecule has 1 N–H and O–H groups in total. The van der Waals surface area contributed by atoms with Crippen LogP contribution < -0.4 is 5.32 Å². The fourth-order valence-electron chi connectivity index (χ4n) is 2.04. The molecule has 15 heavy (non-hydrogen) atoms. The molecule has 0 atom stereocenters. The van der Waals surface area contributed by atoms with Gasteiger partial charge in [-0.25, -0.2) is 4.98 Å². The molecule has 1 aromatic heterocycles. The first-order chi connectivity index (χ1) is 7.29. The highest BCUT2D eigenvalue weighted by molar-refractivity contribution is 4.85. The quantitative estimate of drug-likeness (QED) is 0.761. The molecule has 84 valence electrons. The standard InChI is InChI=1S/C10H19N5/c1-11-9-3-5-15(6-4-9)7-10-12-8-13-14(10)2/h8-9,11H,3-7H2,1-2H3. The summed E-state index contributed by atoms with van der Waals surface area (Å²) in [5.74, 6) is 1.05. The number of rotatable bonds is 3. The number of likely N-dealkylation sites (tertiary alicyclic amines) is 1. The Bertz CT molecular complexity index is 301. The van der Waals surface area contributed by atoms with Crippen LogP contribution in [0.3, 0.4) is 0 Å². The molecule has 0 amide bonds. The van der Waals surface area contributed by atoms with Crippen molar-refractivity contribution in [2.75, 3.05) is 20.1 Å². The lowest BCUT2D eigenvalue weighted by Crippen LogP contribution is -2.41. The van der Waals surface area contributed by atoms with Gasteiger partial charge in [-0.15, -0.1) is 0 Å². The molecule has 5 nitrogen and oxygen atoms in total. The van der Waals surface area contributed by atoms with Crippen molar-refractivity contribution in [2.45, 2.75) is 25.4 Å². The zero-order chi connectivity index (χ0) is 10.7. The molecule has 1 saturated heterocycles. The van der Waals surface area contributed by atoms with Crippen LogP contribution in [0.2, 0.25) is 0 Å². The summed E-state index contributed by atoms with van der Waals surface area (Å²) in [6, 6.07) is 0.695. The lowest BCUT2D eigenvalue weighted by atomic mass is 10.1. The lowest BCUT2D eigenvalue weighted by Gasteiger charge is -2.31. The molecule has 1 aromatic rings. The van der Waals surface area contributed by atoms with Gasteiger partial charge < -0.3 is 5.32 Å². The molecule has 5 heteroatoms. The van der Waals surface area contributed by atoms with Crippen molar-refractivity contribution >= 4 is 0 Å². The van der Waals surface area contributed by atoms with Gasteiger partial charge in [0.2, 0.25) is 0 Å². The van der Waals surface area contributed by atoms with E-state index < -0.39 is 0 Å². The predicted molar refractivity (Wildman–Crippen MR) is 58.4 cm³/mol. The Morgan fingerprint density at radius 2 is 2.20 bits per heavy atom. The van der Waals surface area contributed by atoms with Crippen molar-refractivity contribution in [2.24, 2.45) is 7.05 Å². The predicted octanol–water partition coefficient (Wildman–Crippen LogP) is -0.00110. The van der Waals surface area contributed by atoms with Crippen LogP contribution >= 0.6 is 0 Å². The van der Waals surface area contributed by atoms with E-state index in [2.05, 4.69) is 20.3 Å². The second-order valence-electron chi connectivity index (χ2n) is 4.14. The summed E-state index contributed by atoms with van der Waals surface area (Å²) in [5, 5.41) is 7.41. The van der Waals surface area contributed by atoms with Crippen LogP contribution in [0.5, 0.6) is 0 Å². The average Bonchev–Trinajstić information content (AvgIpc) is 2.66. The van der Waals surface area contributed by atoms with Gasteiger partial charge in [0.25, 0.3) is 0 Å². The maximum absolute atomic E-state index is 4.24. The number of nitrogens with one attached hydrogen (secondary N) is 1. The topological polar surface area (TPSA) is 46.0 Å². The summed E-state index contributed by atoms with van der Waals surface area (Å²) in [7, 11) is 3.99. The number of hydrogen-bond donors (Lipinski definition) is 1. The molecular formula is C10H19N5. The highest BCUT2D eigenvalue weighted by Crippen LogP contribution is 2.11. The minimum Gasteiger partial charge on any atom is -0.317 e. The minimum atomic E-state index is 0.695. The average molecular weight is 209 g/mol. The summed E-state index contributed by atoms with van der Waals surface area (Å²) < 4.78 is 1.85. The third-order valence-corrected chi connectivity index (χ3v) is 3.17. The van der Waals surface area contributed by atoms with Crippen LogP contribution in [0.1, 0.15) is 18.7 Å². The summed E-state index contributed by atoms with van der Waals surface area (Å²) >= 11 is 0. The van der Waals surface area contributed by atoms with Crippen molar-refractivity contribution in [3.63, 3.8) is 0 Å². The van der Waals surface area contributed by atoms with Gasteiger partial charge in [0.1, 0.15) is 12.2 Å². The van der Waals surface area contributed by atoms with E-state index in [0.717, 1.165) is 25.5 Å². The van der Waals surface area contributed by atoms with Crippen LogP contribution in [0.25, 0.3) is 0 Å². The van der Waals surface area contributed by atoms with Gasteiger partial charge in [-0.05, 0) is 19.9 Å². The molecule has 1 aliphatic rings. The van der Waals surface area contributed by atoms with Gasteiger partial charge >= 0.3 is 0 Å². The fraction of sp³-hybridized carbons (Fsp3) is 0.800. The van der Waals surface area contributed by atoms with E-state index in [0.29, 0.717) is 6.04 Å². The molecule has 0 bridgehead atoms. The maximum Gasteiger partial charge on any atom is 0.140 e. The Hall–Kier alpha value is -0.940. The Balaban J connectivity index is 1.85. The zero-order valence-corrected chi connectivity index (χ0v) is 9.48. The van der Waals surface area contributed by atoms with E-state index in [-0.39, 0.29) is 0 Å². The van der Waals surface area contributed by atoms with Gasteiger partial charge in [0.15, 0.2) is 0 Å². The van der Waals surface area contributed by atoms with Gasteiger partial charge in [-0.3, -0.25) is 9.58 Å². The molecule has 0 spiro atoms. The highest BCUT2D eigenvalue weighted by Gasteiger charge is 2.18. The van der Waals surface area contributed by atoms with Crippen LogP contribution in [-0.2, 0) is 13.6 Å². The number of piperidine rings is 1. The highest BCUT2D eigenvalue weighted by atomic mass is 15.3. The first-order valence-corrected chi connectivity index (χ1v) is 5.52. The number of hydrogen-bond acceptors (Lipinski definition) is 4. The second kappa shape index (κ2) is 4.72. The Morgan fingerprint density at radius 1 is 1.47 bits per heavy atom. The summed E-state index contributed by atoms with van der Waals surface area (Å²) in [6.07, 6.45) is 4.08. The van der Waals surface area contributed by atoms with Crippen LogP contribution in [0, 0.1) is 0 Å². The van der Waals surface area contributed by atoms with Gasteiger partial charge in [-0.1, -0.05) is 0 Å². The number of aromatic nitrogens is 3. The molecule has 0 aromatic carbocycles. The van der Waals surface area contributed by atoms with E-state index in [1.165, 1.54) is 12.8 Å². The third-order valence-electron chi connectivity index (χ3n) is 3.17. The molecule has 1 fully saturated rings. The van der Waals surface area contributed by atoms with Crippen molar-refractivity contribution in [3.05, 3.63) is 12.2 Å². The second-order valence-corrected chi connectivity index (χ2v) is 4.14. The van der Waals surface area contributed by atoms with E-state index in [1.54, 1.807) is 6.33 Å². The first-order valence-electron chi connectivity index (χ1n) is 5.52. The van der Waals surface area contributed by atoms with Gasteiger partial charge in [0, 0.05) is 26.2 Å². The SMILES string of the molecule is CNC1CCN(Cc2ncnn2C)CC1. The van der Waals surface area contributed by atoms with Crippen molar-refractivity contribution < 1.29 is 0 Å². The molecule has 0 radical (unpaired) electrons.